The quantitative estimate of drug-likeness (QED) is 0.901. The highest BCUT2D eigenvalue weighted by molar-refractivity contribution is 5.40. The fraction of sp³-hybridized carbons (Fsp3) is 0.421. The highest BCUT2D eigenvalue weighted by Crippen LogP contribution is 2.34. The first kappa shape index (κ1) is 16.9. The van der Waals surface area contributed by atoms with Gasteiger partial charge in [0.2, 0.25) is 0 Å². The number of halogens is 1. The van der Waals surface area contributed by atoms with Crippen molar-refractivity contribution >= 4 is 0 Å². The van der Waals surface area contributed by atoms with Gasteiger partial charge in [-0.1, -0.05) is 18.6 Å². The molecule has 1 atom stereocenters. The van der Waals surface area contributed by atoms with Gasteiger partial charge in [-0.25, -0.2) is 4.39 Å². The number of aryl methyl sites for hydroxylation is 1. The van der Waals surface area contributed by atoms with Crippen LogP contribution >= 0.6 is 0 Å². The molecule has 1 aromatic heterocycles. The molecule has 5 heteroatoms. The van der Waals surface area contributed by atoms with E-state index in [1.165, 1.54) is 12.1 Å². The summed E-state index contributed by atoms with van der Waals surface area (Å²) in [5, 5.41) is 19.9. The van der Waals surface area contributed by atoms with Gasteiger partial charge in [0.15, 0.2) is 0 Å². The van der Waals surface area contributed by atoms with Crippen LogP contribution in [0.1, 0.15) is 47.7 Å². The number of nitrogens with zero attached hydrogens (tertiary/aromatic N) is 2. The predicted octanol–water partition coefficient (Wildman–Crippen LogP) is 3.45. The number of hydrogen-bond acceptors (Lipinski definition) is 4. The maximum absolute atomic E-state index is 13.2. The average molecular weight is 330 g/mol. The number of aliphatic hydroxyl groups is 1. The Balaban J connectivity index is 1.90. The predicted molar refractivity (Wildman–Crippen MR) is 90.0 cm³/mol. The van der Waals surface area contributed by atoms with Gasteiger partial charge in [-0.3, -0.25) is 9.88 Å². The molecule has 0 spiro atoms. The molecule has 4 nitrogen and oxygen atoms in total. The fourth-order valence-corrected chi connectivity index (χ4v) is 3.44. The lowest BCUT2D eigenvalue weighted by Gasteiger charge is -2.36. The SMILES string of the molecule is Cc1ncc(CO)c(CN2CCCCC2c2ccc(F)cc2)c1O. The van der Waals surface area contributed by atoms with E-state index in [0.29, 0.717) is 17.8 Å². The molecule has 0 saturated carbocycles. The number of pyridine rings is 1. The number of aromatic nitrogens is 1. The van der Waals surface area contributed by atoms with E-state index >= 15 is 0 Å². The summed E-state index contributed by atoms with van der Waals surface area (Å²) in [4.78, 5) is 6.42. The lowest BCUT2D eigenvalue weighted by atomic mass is 9.94. The van der Waals surface area contributed by atoms with E-state index in [0.717, 1.165) is 36.9 Å². The molecule has 1 unspecified atom stereocenters. The van der Waals surface area contributed by atoms with Gasteiger partial charge < -0.3 is 10.2 Å². The van der Waals surface area contributed by atoms with Gasteiger partial charge in [-0.15, -0.1) is 0 Å². The van der Waals surface area contributed by atoms with E-state index in [2.05, 4.69) is 9.88 Å². The molecular weight excluding hydrogens is 307 g/mol. The fourth-order valence-electron chi connectivity index (χ4n) is 3.44. The minimum atomic E-state index is -0.230. The minimum absolute atomic E-state index is 0.148. The molecule has 3 rings (SSSR count). The van der Waals surface area contributed by atoms with Crippen LogP contribution in [0.25, 0.3) is 0 Å². The Morgan fingerprint density at radius 3 is 2.71 bits per heavy atom. The van der Waals surface area contributed by atoms with Gasteiger partial charge in [-0.2, -0.15) is 0 Å². The number of rotatable bonds is 4. The van der Waals surface area contributed by atoms with Crippen molar-refractivity contribution < 1.29 is 14.6 Å². The molecule has 2 heterocycles. The third-order valence-electron chi connectivity index (χ3n) is 4.83. The molecule has 0 amide bonds. The van der Waals surface area contributed by atoms with E-state index in [-0.39, 0.29) is 24.2 Å². The van der Waals surface area contributed by atoms with Crippen LogP contribution in [-0.4, -0.2) is 26.6 Å². The summed E-state index contributed by atoms with van der Waals surface area (Å²) >= 11 is 0. The number of aliphatic hydroxyl groups excluding tert-OH is 1. The molecule has 2 aromatic rings. The van der Waals surface area contributed by atoms with E-state index in [9.17, 15) is 14.6 Å². The minimum Gasteiger partial charge on any atom is -0.506 e. The van der Waals surface area contributed by atoms with Gasteiger partial charge in [0, 0.05) is 29.9 Å². The van der Waals surface area contributed by atoms with Crippen molar-refractivity contribution in [1.82, 2.24) is 9.88 Å². The third kappa shape index (κ3) is 3.42. The molecule has 1 saturated heterocycles. The molecule has 1 aliphatic rings. The first-order valence-corrected chi connectivity index (χ1v) is 8.37. The van der Waals surface area contributed by atoms with Crippen molar-refractivity contribution in [2.24, 2.45) is 0 Å². The molecule has 0 bridgehead atoms. The zero-order valence-corrected chi connectivity index (χ0v) is 13.9. The van der Waals surface area contributed by atoms with Gasteiger partial charge >= 0.3 is 0 Å². The number of likely N-dealkylation sites (tertiary alicyclic amines) is 1. The first-order chi connectivity index (χ1) is 11.6. The van der Waals surface area contributed by atoms with Crippen LogP contribution in [0.2, 0.25) is 0 Å². The van der Waals surface area contributed by atoms with Crippen molar-refractivity contribution in [2.45, 2.75) is 45.4 Å². The van der Waals surface area contributed by atoms with Crippen LogP contribution in [0, 0.1) is 12.7 Å². The summed E-state index contributed by atoms with van der Waals surface area (Å²) in [5.41, 5.74) is 3.05. The van der Waals surface area contributed by atoms with Crippen LogP contribution < -0.4 is 0 Å². The summed E-state index contributed by atoms with van der Waals surface area (Å²) < 4.78 is 13.2. The van der Waals surface area contributed by atoms with Crippen molar-refractivity contribution in [1.29, 1.82) is 0 Å². The van der Waals surface area contributed by atoms with Gasteiger partial charge in [-0.05, 0) is 44.0 Å². The summed E-state index contributed by atoms with van der Waals surface area (Å²) in [6, 6.07) is 6.86. The van der Waals surface area contributed by atoms with Gasteiger partial charge in [0.1, 0.15) is 11.6 Å². The Morgan fingerprint density at radius 2 is 2.00 bits per heavy atom. The van der Waals surface area contributed by atoms with Gasteiger partial charge in [0.25, 0.3) is 0 Å². The Labute approximate surface area is 141 Å². The summed E-state index contributed by atoms with van der Waals surface area (Å²) in [6.07, 6.45) is 4.86. The lowest BCUT2D eigenvalue weighted by Crippen LogP contribution is -2.33. The van der Waals surface area contributed by atoms with E-state index < -0.39 is 0 Å². The number of benzene rings is 1. The average Bonchev–Trinajstić information content (AvgIpc) is 2.60. The van der Waals surface area contributed by atoms with Crippen LogP contribution in [-0.2, 0) is 13.2 Å². The zero-order valence-electron chi connectivity index (χ0n) is 13.9. The zero-order chi connectivity index (χ0) is 17.1. The van der Waals surface area contributed by atoms with Crippen molar-refractivity contribution in [2.75, 3.05) is 6.54 Å². The van der Waals surface area contributed by atoms with Crippen molar-refractivity contribution in [3.63, 3.8) is 0 Å². The second-order valence-corrected chi connectivity index (χ2v) is 6.39. The number of hydrogen-bond donors (Lipinski definition) is 2. The smallest absolute Gasteiger partial charge is 0.141 e. The van der Waals surface area contributed by atoms with Crippen LogP contribution in [0.4, 0.5) is 4.39 Å². The van der Waals surface area contributed by atoms with Crippen LogP contribution in [0.5, 0.6) is 5.75 Å². The third-order valence-corrected chi connectivity index (χ3v) is 4.83. The van der Waals surface area contributed by atoms with Gasteiger partial charge in [0.05, 0.1) is 12.3 Å². The molecule has 2 N–H and O–H groups in total. The first-order valence-electron chi connectivity index (χ1n) is 8.37. The topological polar surface area (TPSA) is 56.6 Å². The molecule has 1 aliphatic heterocycles. The normalized spacial score (nSPS) is 18.7. The molecule has 1 aromatic carbocycles. The molecule has 128 valence electrons. The largest absolute Gasteiger partial charge is 0.506 e. The van der Waals surface area contributed by atoms with E-state index in [1.54, 1.807) is 13.1 Å². The second-order valence-electron chi connectivity index (χ2n) is 6.39. The lowest BCUT2D eigenvalue weighted by molar-refractivity contribution is 0.137. The number of aromatic hydroxyl groups is 1. The Kier molecular flexibility index (Phi) is 5.11. The highest BCUT2D eigenvalue weighted by Gasteiger charge is 2.26. The number of piperidine rings is 1. The monoisotopic (exact) mass is 330 g/mol. The molecule has 24 heavy (non-hydrogen) atoms. The van der Waals surface area contributed by atoms with Crippen LogP contribution in [0.15, 0.2) is 30.5 Å². The Morgan fingerprint density at radius 1 is 1.25 bits per heavy atom. The highest BCUT2D eigenvalue weighted by atomic mass is 19.1. The second kappa shape index (κ2) is 7.28. The van der Waals surface area contributed by atoms with Crippen molar-refractivity contribution in [3.8, 4) is 5.75 Å². The Bertz CT molecular complexity index is 703. The van der Waals surface area contributed by atoms with E-state index in [4.69, 9.17) is 0 Å². The standard InChI is InChI=1S/C19H23FN2O2/c1-13-19(24)17(15(12-23)10-21-13)11-22-9-3-2-4-18(22)14-5-7-16(20)8-6-14/h5-8,10,18,23-24H,2-4,9,11-12H2,1H3. The summed E-state index contributed by atoms with van der Waals surface area (Å²) in [5.74, 6) is -0.0731. The van der Waals surface area contributed by atoms with E-state index in [1.807, 2.05) is 12.1 Å². The maximum atomic E-state index is 13.2. The van der Waals surface area contributed by atoms with Crippen molar-refractivity contribution in [3.05, 3.63) is 58.7 Å². The summed E-state index contributed by atoms with van der Waals surface area (Å²) in [7, 11) is 0. The molecule has 0 radical (unpaired) electrons. The maximum Gasteiger partial charge on any atom is 0.141 e. The Hall–Kier alpha value is -1.98. The molecular formula is C19H23FN2O2. The summed E-state index contributed by atoms with van der Waals surface area (Å²) in [6.45, 7) is 3.07. The molecule has 0 aliphatic carbocycles. The molecule has 1 fully saturated rings. The van der Waals surface area contributed by atoms with Crippen LogP contribution in [0.3, 0.4) is 0 Å².